The van der Waals surface area contributed by atoms with E-state index in [0.717, 1.165) is 0 Å². The molecule has 1 heteroatoms. The van der Waals surface area contributed by atoms with Gasteiger partial charge in [-0.25, -0.2) is 0 Å². The van der Waals surface area contributed by atoms with Crippen molar-refractivity contribution < 1.29 is 0 Å². The van der Waals surface area contributed by atoms with Gasteiger partial charge in [0.25, 0.3) is 0 Å². The van der Waals surface area contributed by atoms with Gasteiger partial charge in [0.05, 0.1) is 16.4 Å². The Morgan fingerprint density at radius 1 is 0.354 bits per heavy atom. The minimum absolute atomic E-state index is 0.443. The van der Waals surface area contributed by atoms with E-state index in [1.165, 1.54) is 93.9 Å². The summed E-state index contributed by atoms with van der Waals surface area (Å²) >= 11 is 0. The molecule has 48 heavy (non-hydrogen) atoms. The number of hydrogen-bond donors (Lipinski definition) is 0. The van der Waals surface area contributed by atoms with Crippen LogP contribution in [0.25, 0.3) is 71.6 Å². The molecule has 0 radical (unpaired) electrons. The van der Waals surface area contributed by atoms with Crippen molar-refractivity contribution in [3.8, 4) is 39.1 Å². The van der Waals surface area contributed by atoms with Crippen molar-refractivity contribution in [2.75, 3.05) is 0 Å². The average Bonchev–Trinajstić information content (AvgIpc) is 3.77. The molecule has 1 nitrogen and oxygen atoms in total. The first-order chi connectivity index (χ1) is 23.8. The number of para-hydroxylation sites is 2. The number of hydrogen-bond acceptors (Lipinski definition) is 0. The van der Waals surface area contributed by atoms with Crippen molar-refractivity contribution >= 4 is 32.6 Å². The van der Waals surface area contributed by atoms with Gasteiger partial charge in [-0.3, -0.25) is 0 Å². The maximum absolute atomic E-state index is 2.48. The van der Waals surface area contributed by atoms with Crippen molar-refractivity contribution in [3.05, 3.63) is 198 Å². The third-order valence-corrected chi connectivity index (χ3v) is 11.0. The molecule has 8 aromatic carbocycles. The van der Waals surface area contributed by atoms with E-state index in [9.17, 15) is 0 Å². The molecule has 1 aromatic heterocycles. The van der Waals surface area contributed by atoms with E-state index in [-0.39, 0.29) is 0 Å². The Morgan fingerprint density at radius 2 is 0.917 bits per heavy atom. The first-order valence-corrected chi connectivity index (χ1v) is 16.8. The standard InChI is InChI=1S/C47H29N/c1-2-12-30(13-3-1)32-24-26-36-39-27-23-31-22-25-33(48-44-20-10-6-16-37(44)38-17-7-11-21-45(38)48)29-40(31)46(39)47(43(36)28-32)41-18-8-4-14-34(41)35-15-5-9-19-42(35)47/h1-29H. The van der Waals surface area contributed by atoms with Crippen LogP contribution in [0, 0.1) is 0 Å². The highest BCUT2D eigenvalue weighted by Crippen LogP contribution is 2.64. The van der Waals surface area contributed by atoms with Crippen LogP contribution in [0.2, 0.25) is 0 Å². The molecule has 0 saturated heterocycles. The monoisotopic (exact) mass is 607 g/mol. The van der Waals surface area contributed by atoms with Crippen molar-refractivity contribution in [2.45, 2.75) is 5.41 Å². The van der Waals surface area contributed by atoms with Crippen LogP contribution < -0.4 is 0 Å². The van der Waals surface area contributed by atoms with Gasteiger partial charge in [-0.1, -0.05) is 146 Å². The number of aromatic nitrogens is 1. The molecule has 2 aliphatic rings. The number of fused-ring (bicyclic) bond motifs is 15. The second-order valence-electron chi connectivity index (χ2n) is 13.2. The summed E-state index contributed by atoms with van der Waals surface area (Å²) in [5, 5.41) is 5.12. The summed E-state index contributed by atoms with van der Waals surface area (Å²) in [5.74, 6) is 0. The molecule has 2 aliphatic carbocycles. The lowest BCUT2D eigenvalue weighted by Crippen LogP contribution is -2.26. The van der Waals surface area contributed by atoms with Crippen LogP contribution in [0.3, 0.4) is 0 Å². The van der Waals surface area contributed by atoms with E-state index >= 15 is 0 Å². The average molecular weight is 608 g/mol. The molecule has 0 fully saturated rings. The molecular weight excluding hydrogens is 579 g/mol. The SMILES string of the molecule is c1ccc(-c2ccc3c(c2)C2(c4ccccc4-c4ccccc42)c2c-3ccc3ccc(-n4c5ccccc5c5ccccc54)cc23)cc1. The van der Waals surface area contributed by atoms with E-state index < -0.39 is 5.41 Å². The summed E-state index contributed by atoms with van der Waals surface area (Å²) in [6.07, 6.45) is 0. The highest BCUT2D eigenvalue weighted by Gasteiger charge is 2.52. The maximum Gasteiger partial charge on any atom is 0.0731 e. The lowest BCUT2D eigenvalue weighted by Gasteiger charge is -2.32. The van der Waals surface area contributed by atoms with Crippen molar-refractivity contribution in [3.63, 3.8) is 0 Å². The lowest BCUT2D eigenvalue weighted by molar-refractivity contribution is 0.801. The summed E-state index contributed by atoms with van der Waals surface area (Å²) in [7, 11) is 0. The third kappa shape index (κ3) is 3.21. The molecule has 0 N–H and O–H groups in total. The zero-order chi connectivity index (χ0) is 31.4. The molecular formula is C47H29N. The Hall–Kier alpha value is -6.18. The molecule has 0 amide bonds. The molecule has 1 spiro atoms. The van der Waals surface area contributed by atoms with Gasteiger partial charge in [-0.15, -0.1) is 0 Å². The molecule has 1 heterocycles. The maximum atomic E-state index is 2.48. The van der Waals surface area contributed by atoms with E-state index in [1.807, 2.05) is 0 Å². The van der Waals surface area contributed by atoms with Crippen LogP contribution in [0.5, 0.6) is 0 Å². The molecule has 9 aromatic rings. The van der Waals surface area contributed by atoms with Gasteiger partial charge in [0.2, 0.25) is 0 Å². The Bertz CT molecular complexity index is 2680. The molecule has 222 valence electrons. The topological polar surface area (TPSA) is 4.93 Å². The fourth-order valence-corrected chi connectivity index (χ4v) is 9.10. The summed E-state index contributed by atoms with van der Waals surface area (Å²) in [4.78, 5) is 0. The summed E-state index contributed by atoms with van der Waals surface area (Å²) < 4.78 is 2.45. The zero-order valence-corrected chi connectivity index (χ0v) is 26.2. The fourth-order valence-electron chi connectivity index (χ4n) is 9.10. The van der Waals surface area contributed by atoms with E-state index in [4.69, 9.17) is 0 Å². The quantitative estimate of drug-likeness (QED) is 0.184. The van der Waals surface area contributed by atoms with Gasteiger partial charge in [0.15, 0.2) is 0 Å². The van der Waals surface area contributed by atoms with Crippen molar-refractivity contribution in [2.24, 2.45) is 0 Å². The predicted octanol–water partition coefficient (Wildman–Crippen LogP) is 11.9. The fraction of sp³-hybridized carbons (Fsp3) is 0.0213. The number of nitrogens with zero attached hydrogens (tertiary/aromatic N) is 1. The normalized spacial score (nSPS) is 13.6. The van der Waals surface area contributed by atoms with Crippen molar-refractivity contribution in [1.82, 2.24) is 4.57 Å². The highest BCUT2D eigenvalue weighted by molar-refractivity contribution is 6.10. The number of benzene rings is 8. The van der Waals surface area contributed by atoms with Crippen LogP contribution in [-0.4, -0.2) is 4.57 Å². The summed E-state index contributed by atoms with van der Waals surface area (Å²) in [5.41, 5.74) is 16.5. The smallest absolute Gasteiger partial charge is 0.0731 e. The van der Waals surface area contributed by atoms with E-state index in [1.54, 1.807) is 0 Å². The van der Waals surface area contributed by atoms with Crippen LogP contribution in [-0.2, 0) is 5.41 Å². The second kappa shape index (κ2) is 9.44. The van der Waals surface area contributed by atoms with Gasteiger partial charge in [0.1, 0.15) is 0 Å². The van der Waals surface area contributed by atoms with Crippen LogP contribution in [0.1, 0.15) is 22.3 Å². The second-order valence-corrected chi connectivity index (χ2v) is 13.2. The zero-order valence-electron chi connectivity index (χ0n) is 26.2. The van der Waals surface area contributed by atoms with Crippen molar-refractivity contribution in [1.29, 1.82) is 0 Å². The van der Waals surface area contributed by atoms with Gasteiger partial charge in [-0.2, -0.15) is 0 Å². The third-order valence-electron chi connectivity index (χ3n) is 11.0. The van der Waals surface area contributed by atoms with E-state index in [2.05, 4.69) is 180 Å². The number of rotatable bonds is 2. The molecule has 0 unspecified atom stereocenters. The predicted molar refractivity (Wildman–Crippen MR) is 200 cm³/mol. The summed E-state index contributed by atoms with van der Waals surface area (Å²) in [6.45, 7) is 0. The molecule has 0 aliphatic heterocycles. The largest absolute Gasteiger partial charge is 0.309 e. The van der Waals surface area contributed by atoms with Gasteiger partial charge < -0.3 is 4.57 Å². The minimum Gasteiger partial charge on any atom is -0.309 e. The molecule has 11 rings (SSSR count). The Balaban J connectivity index is 1.28. The Labute approximate surface area is 279 Å². The van der Waals surface area contributed by atoms with Gasteiger partial charge >= 0.3 is 0 Å². The van der Waals surface area contributed by atoms with Crippen LogP contribution in [0.4, 0.5) is 0 Å². The first-order valence-electron chi connectivity index (χ1n) is 16.8. The Morgan fingerprint density at radius 3 is 1.62 bits per heavy atom. The lowest BCUT2D eigenvalue weighted by atomic mass is 9.69. The highest BCUT2D eigenvalue weighted by atomic mass is 15.0. The minimum atomic E-state index is -0.443. The molecule has 0 bridgehead atoms. The molecule has 0 saturated carbocycles. The van der Waals surface area contributed by atoms with Crippen LogP contribution >= 0.6 is 0 Å². The van der Waals surface area contributed by atoms with Crippen LogP contribution in [0.15, 0.2) is 176 Å². The van der Waals surface area contributed by atoms with E-state index in [0.29, 0.717) is 0 Å². The first kappa shape index (κ1) is 25.9. The van der Waals surface area contributed by atoms with Gasteiger partial charge in [0, 0.05) is 16.5 Å². The molecule has 0 atom stereocenters. The summed E-state index contributed by atoms with van der Waals surface area (Å²) in [6, 6.07) is 65.5. The Kier molecular flexibility index (Phi) is 5.10. The van der Waals surface area contributed by atoms with Gasteiger partial charge in [-0.05, 0) is 96.7 Å².